The van der Waals surface area contributed by atoms with Crippen molar-refractivity contribution in [2.75, 3.05) is 12.9 Å². The van der Waals surface area contributed by atoms with E-state index in [1.165, 1.54) is 20.8 Å². The number of primary amides is 1. The van der Waals surface area contributed by atoms with E-state index in [1.54, 1.807) is 31.2 Å². The van der Waals surface area contributed by atoms with Crippen LogP contribution in [-0.4, -0.2) is 67.1 Å². The van der Waals surface area contributed by atoms with Gasteiger partial charge in [0.05, 0.1) is 11.4 Å². The molecule has 0 aromatic heterocycles. The lowest BCUT2D eigenvalue weighted by atomic mass is 9.77. The van der Waals surface area contributed by atoms with Crippen molar-refractivity contribution in [3.63, 3.8) is 0 Å². The fraction of sp³-hybridized carbons (Fsp3) is 0.469. The van der Waals surface area contributed by atoms with Gasteiger partial charge in [-0.25, -0.2) is 13.2 Å². The van der Waals surface area contributed by atoms with Crippen LogP contribution in [0.5, 0.6) is 0 Å². The highest BCUT2D eigenvalue weighted by Gasteiger charge is 2.78. The highest BCUT2D eigenvalue weighted by molar-refractivity contribution is 7.92. The zero-order valence-corrected chi connectivity index (χ0v) is 26.9. The van der Waals surface area contributed by atoms with Gasteiger partial charge in [-0.15, -0.1) is 0 Å². The number of rotatable bonds is 15. The number of carbonyl (C=O) groups excluding carboxylic acids is 4. The van der Waals surface area contributed by atoms with Crippen LogP contribution in [0.4, 0.5) is 4.79 Å². The monoisotopic (exact) mass is 628 g/mol. The van der Waals surface area contributed by atoms with Gasteiger partial charge in [-0.05, 0) is 50.8 Å². The molecule has 3 atom stereocenters. The van der Waals surface area contributed by atoms with E-state index in [4.69, 9.17) is 15.2 Å². The number of sulfone groups is 1. The Balaban J connectivity index is 2.23. The van der Waals surface area contributed by atoms with Crippen LogP contribution in [0.25, 0.3) is 11.1 Å². The second-order valence-electron chi connectivity index (χ2n) is 11.5. The molecule has 3 rings (SSSR count). The van der Waals surface area contributed by atoms with Crippen molar-refractivity contribution >= 4 is 33.5 Å². The smallest absolute Gasteiger partial charge is 0.407 e. The molecule has 239 valence electrons. The summed E-state index contributed by atoms with van der Waals surface area (Å²) in [5, 5.41) is 5.00. The summed E-state index contributed by atoms with van der Waals surface area (Å²) in [7, 11) is -3.97. The Morgan fingerprint density at radius 2 is 1.61 bits per heavy atom. The third-order valence-electron chi connectivity index (χ3n) is 8.13. The van der Waals surface area contributed by atoms with Gasteiger partial charge < -0.3 is 25.8 Å². The molecule has 11 nitrogen and oxygen atoms in total. The Kier molecular flexibility index (Phi) is 10.6. The quantitative estimate of drug-likeness (QED) is 0.199. The van der Waals surface area contributed by atoms with Crippen LogP contribution in [-0.2, 0) is 33.7 Å². The molecular formula is C32H42N3O8S. The summed E-state index contributed by atoms with van der Waals surface area (Å²) in [4.78, 5) is 53.6. The van der Waals surface area contributed by atoms with Crippen molar-refractivity contribution in [1.82, 2.24) is 10.6 Å². The molecule has 1 saturated heterocycles. The molecule has 0 saturated carbocycles. The van der Waals surface area contributed by atoms with Gasteiger partial charge >= 0.3 is 6.09 Å². The minimum Gasteiger partial charge on any atom is -0.450 e. The Morgan fingerprint density at radius 3 is 2.16 bits per heavy atom. The predicted octanol–water partition coefficient (Wildman–Crippen LogP) is 3.45. The molecule has 44 heavy (non-hydrogen) atoms. The lowest BCUT2D eigenvalue weighted by Gasteiger charge is -2.34. The molecule has 12 heteroatoms. The van der Waals surface area contributed by atoms with E-state index in [0.29, 0.717) is 17.5 Å². The van der Waals surface area contributed by atoms with Gasteiger partial charge in [-0.1, -0.05) is 74.4 Å². The molecule has 0 unspecified atom stereocenters. The number of unbranched alkanes of at least 4 members (excludes halogenated alkanes) is 2. The maximum atomic E-state index is 14.2. The highest BCUT2D eigenvalue weighted by Crippen LogP contribution is 2.55. The highest BCUT2D eigenvalue weighted by atomic mass is 32.2. The summed E-state index contributed by atoms with van der Waals surface area (Å²) in [6.07, 6.45) is 2.15. The Morgan fingerprint density at radius 1 is 1.00 bits per heavy atom. The summed E-state index contributed by atoms with van der Waals surface area (Å²) in [6, 6.07) is 14.6. The zero-order valence-electron chi connectivity index (χ0n) is 26.1. The summed E-state index contributed by atoms with van der Waals surface area (Å²) in [6.45, 7) is 7.42. The number of epoxide rings is 1. The number of amides is 3. The summed E-state index contributed by atoms with van der Waals surface area (Å²) >= 11 is 0. The number of alkyl carbamates (subject to hydrolysis) is 1. The van der Waals surface area contributed by atoms with Crippen LogP contribution in [0.3, 0.4) is 0 Å². The topological polar surface area (TPSA) is 174 Å². The molecule has 1 radical (unpaired) electrons. The first-order valence-corrected chi connectivity index (χ1v) is 16.5. The zero-order chi connectivity index (χ0) is 32.9. The minimum absolute atomic E-state index is 0.00486. The van der Waals surface area contributed by atoms with Crippen molar-refractivity contribution < 1.29 is 37.1 Å². The molecule has 0 bridgehead atoms. The van der Waals surface area contributed by atoms with Crippen LogP contribution in [0.1, 0.15) is 65.9 Å². The van der Waals surface area contributed by atoms with Gasteiger partial charge in [0, 0.05) is 12.7 Å². The fourth-order valence-electron chi connectivity index (χ4n) is 5.07. The normalized spacial score (nSPS) is 20.4. The van der Waals surface area contributed by atoms with E-state index in [-0.39, 0.29) is 24.7 Å². The summed E-state index contributed by atoms with van der Waals surface area (Å²) in [5.74, 6) is -2.36. The van der Waals surface area contributed by atoms with Crippen LogP contribution in [0.15, 0.2) is 54.6 Å². The van der Waals surface area contributed by atoms with E-state index >= 15 is 0 Å². The number of nitrogens with two attached hydrogens (primary N) is 1. The first-order chi connectivity index (χ1) is 20.6. The van der Waals surface area contributed by atoms with Gasteiger partial charge in [0.25, 0.3) is 5.91 Å². The maximum Gasteiger partial charge on any atom is 0.407 e. The molecule has 0 spiro atoms. The van der Waals surface area contributed by atoms with Crippen LogP contribution in [0, 0.1) is 5.92 Å². The van der Waals surface area contributed by atoms with Gasteiger partial charge in [0.15, 0.2) is 21.2 Å². The number of hydrogen-bond acceptors (Lipinski definition) is 8. The largest absolute Gasteiger partial charge is 0.450 e. The number of ether oxygens (including phenoxy) is 2. The first kappa shape index (κ1) is 34.7. The number of nitrogens with one attached hydrogen (secondary N) is 2. The lowest BCUT2D eigenvalue weighted by Crippen LogP contribution is -2.64. The SMILES string of the molecule is CCCCCC(=O)[C](c1ccccc1-c1ccccc1)[C@]1(NC(=O)[C@@H](NC(=O)OCC)C(C)(C)S(C)(=O)=O)O[C@]1(C)C(N)=O. The fourth-order valence-corrected chi connectivity index (χ4v) is 5.67. The minimum atomic E-state index is -3.97. The Bertz CT molecular complexity index is 1490. The Hall–Kier alpha value is -3.77. The van der Waals surface area contributed by atoms with Gasteiger partial charge in [-0.2, -0.15) is 0 Å². The van der Waals surface area contributed by atoms with E-state index in [2.05, 4.69) is 10.6 Å². The van der Waals surface area contributed by atoms with Gasteiger partial charge in [0.2, 0.25) is 5.91 Å². The molecule has 3 amide bonds. The van der Waals surface area contributed by atoms with Gasteiger partial charge in [0.1, 0.15) is 17.7 Å². The van der Waals surface area contributed by atoms with E-state index < -0.39 is 49.9 Å². The third-order valence-corrected chi connectivity index (χ3v) is 10.3. The number of Topliss-reactive ketones (excluding diaryl/α,β-unsaturated/α-hetero) is 1. The second kappa shape index (κ2) is 13.5. The number of carbonyl (C=O) groups is 4. The van der Waals surface area contributed by atoms with Crippen LogP contribution >= 0.6 is 0 Å². The van der Waals surface area contributed by atoms with Crippen LogP contribution in [0.2, 0.25) is 0 Å². The first-order valence-electron chi connectivity index (χ1n) is 14.6. The average Bonchev–Trinajstić information content (AvgIpc) is 3.56. The summed E-state index contributed by atoms with van der Waals surface area (Å²) < 4.78 is 34.8. The molecule has 2 aromatic rings. The number of benzene rings is 2. The predicted molar refractivity (Wildman–Crippen MR) is 166 cm³/mol. The maximum absolute atomic E-state index is 14.2. The van der Waals surface area contributed by atoms with Crippen molar-refractivity contribution in [3.05, 3.63) is 66.1 Å². The van der Waals surface area contributed by atoms with Crippen molar-refractivity contribution in [3.8, 4) is 11.1 Å². The van der Waals surface area contributed by atoms with E-state index in [9.17, 15) is 27.6 Å². The lowest BCUT2D eigenvalue weighted by molar-refractivity contribution is -0.126. The molecule has 1 aliphatic rings. The van der Waals surface area contributed by atoms with Crippen molar-refractivity contribution in [2.45, 2.75) is 82.4 Å². The molecule has 1 aliphatic heterocycles. The van der Waals surface area contributed by atoms with Crippen molar-refractivity contribution in [2.24, 2.45) is 5.73 Å². The van der Waals surface area contributed by atoms with E-state index in [0.717, 1.165) is 24.7 Å². The van der Waals surface area contributed by atoms with Gasteiger partial charge in [-0.3, -0.25) is 14.4 Å². The van der Waals surface area contributed by atoms with Crippen LogP contribution < -0.4 is 16.4 Å². The molecule has 1 heterocycles. The number of hydrogen-bond donors (Lipinski definition) is 3. The average molecular weight is 629 g/mol. The number of ketones is 1. The molecular weight excluding hydrogens is 586 g/mol. The Labute approximate surface area is 259 Å². The van der Waals surface area contributed by atoms with Crippen molar-refractivity contribution in [1.29, 1.82) is 0 Å². The molecule has 0 aliphatic carbocycles. The summed E-state index contributed by atoms with van der Waals surface area (Å²) in [5.41, 5.74) is 3.65. The third kappa shape index (κ3) is 6.81. The molecule has 2 aromatic carbocycles. The standard InChI is InChI=1S/C32H42N3O8S/c1-7-9-11-20-24(36)25(23-19-15-14-18-22(23)21-16-12-10-13-17-21)32(31(5,43-32)28(33)38)35-27(37)26(34-29(39)42-8-2)30(3,4)44(6,40)41/h10,12-19,26H,7-9,11,20H2,1-6H3,(H2,33,38)(H,34,39)(H,35,37)/t26-,31-,32+/m1/s1. The molecule has 1 fully saturated rings. The molecule has 4 N–H and O–H groups in total. The van der Waals surface area contributed by atoms with E-state index in [1.807, 2.05) is 37.3 Å². The second-order valence-corrected chi connectivity index (χ2v) is 14.1.